The van der Waals surface area contributed by atoms with Crippen molar-refractivity contribution in [1.29, 1.82) is 0 Å². The molecular weight excluding hydrogens is 973 g/mol. The maximum Gasteiger partial charge on any atom is 0.293 e. The van der Waals surface area contributed by atoms with Gasteiger partial charge in [-0.1, -0.05) is 38.1 Å². The Morgan fingerprint density at radius 2 is 1.79 bits per heavy atom. The van der Waals surface area contributed by atoms with Crippen molar-refractivity contribution in [2.24, 2.45) is 11.3 Å². The molecule has 3 aromatic heterocycles. The molecule has 2 saturated heterocycles. The van der Waals surface area contributed by atoms with E-state index in [0.29, 0.717) is 42.7 Å². The highest BCUT2D eigenvalue weighted by Crippen LogP contribution is 2.54. The van der Waals surface area contributed by atoms with Gasteiger partial charge in [-0.2, -0.15) is 0 Å². The van der Waals surface area contributed by atoms with Crippen LogP contribution in [0.15, 0.2) is 119 Å². The Morgan fingerprint density at radius 1 is 0.987 bits per heavy atom. The molecule has 75 heavy (non-hydrogen) atoms. The largest absolute Gasteiger partial charge is 0.493 e. The smallest absolute Gasteiger partial charge is 0.293 e. The Kier molecular flexibility index (Phi) is 13.3. The molecule has 4 aliphatic rings. The van der Waals surface area contributed by atoms with Crippen LogP contribution in [0.2, 0.25) is 0 Å². The van der Waals surface area contributed by atoms with Crippen molar-refractivity contribution in [3.8, 4) is 17.2 Å². The topological polar surface area (TPSA) is 209 Å². The number of amides is 1. The summed E-state index contributed by atoms with van der Waals surface area (Å²) in [6, 6.07) is 28.2. The number of nitro benzene ring substituents is 1. The average molecular weight is 1040 g/mol. The zero-order valence-electron chi connectivity index (χ0n) is 42.8. The number of anilines is 2. The highest BCUT2D eigenvalue weighted by atomic mass is 32.2. The van der Waals surface area contributed by atoms with Gasteiger partial charge < -0.3 is 34.2 Å². The Morgan fingerprint density at radius 3 is 2.56 bits per heavy atom. The molecule has 2 aliphatic heterocycles. The molecule has 2 aliphatic carbocycles. The maximum absolute atomic E-state index is 14.1. The normalized spacial score (nSPS) is 21.3. The lowest BCUT2D eigenvalue weighted by Gasteiger charge is -2.63. The second-order valence-electron chi connectivity index (χ2n) is 21.9. The van der Waals surface area contributed by atoms with Gasteiger partial charge in [0.2, 0.25) is 0 Å². The number of sulfonamides is 1. The molecule has 7 aromatic rings. The second kappa shape index (κ2) is 19.9. The van der Waals surface area contributed by atoms with Crippen molar-refractivity contribution >= 4 is 55.0 Å². The standard InChI is InChI=1S/C57H64N8O9S/c1-36(2)45-7-5-6-8-46(45)50-33-62(32-38-23-39-16-22-73-53(39)52(24-38)72-4)20-21-64(50)42-28-57(29-42)34-63(35-57)41-9-11-47(51(26-41)74-43-25-40-15-19-58-54(40)60-31-43)55(66)61-75(70,71)44-10-12-48(49(27-44)65(68)69)59-30-37-13-17-56(3,67)18-14-37/h5-12,15-16,19,22-27,31,36-37,42,50,59,67H,13-14,17-18,20-21,28-30,32-35H2,1-4H3,(H,58,60)(H,61,66). The number of carbonyl (C=O) groups excluding carboxylic acids is 1. The van der Waals surface area contributed by atoms with Crippen molar-refractivity contribution in [1.82, 2.24) is 24.5 Å². The van der Waals surface area contributed by atoms with E-state index in [1.165, 1.54) is 35.0 Å². The van der Waals surface area contributed by atoms with Gasteiger partial charge in [-0.15, -0.1) is 0 Å². The van der Waals surface area contributed by atoms with Gasteiger partial charge in [0.05, 0.1) is 40.6 Å². The van der Waals surface area contributed by atoms with Crippen LogP contribution in [0.25, 0.3) is 22.0 Å². The first kappa shape index (κ1) is 50.2. The Bertz CT molecular complexity index is 3390. The van der Waals surface area contributed by atoms with Gasteiger partial charge in [0, 0.05) is 98.1 Å². The first-order valence-electron chi connectivity index (χ1n) is 26.0. The molecule has 1 amide bonds. The number of hydrogen-bond acceptors (Lipinski definition) is 14. The third-order valence-corrected chi connectivity index (χ3v) is 17.5. The number of pyridine rings is 1. The number of aromatic amines is 1. The van der Waals surface area contributed by atoms with Crippen LogP contribution in [-0.4, -0.2) is 102 Å². The van der Waals surface area contributed by atoms with E-state index in [9.17, 15) is 28.4 Å². The summed E-state index contributed by atoms with van der Waals surface area (Å²) in [7, 11) is -2.91. The fourth-order valence-electron chi connectivity index (χ4n) is 12.1. The fourth-order valence-corrected chi connectivity index (χ4v) is 13.1. The van der Waals surface area contributed by atoms with E-state index in [4.69, 9.17) is 13.9 Å². The van der Waals surface area contributed by atoms with Crippen LogP contribution in [0.5, 0.6) is 17.2 Å². The summed E-state index contributed by atoms with van der Waals surface area (Å²) >= 11 is 0. The third kappa shape index (κ3) is 10.3. The number of aromatic nitrogens is 2. The van der Waals surface area contributed by atoms with Gasteiger partial charge in [0.25, 0.3) is 21.6 Å². The molecule has 4 aromatic carbocycles. The zero-order valence-corrected chi connectivity index (χ0v) is 43.6. The van der Waals surface area contributed by atoms with Gasteiger partial charge in [0.15, 0.2) is 11.3 Å². The lowest BCUT2D eigenvalue weighted by atomic mass is 9.59. The lowest BCUT2D eigenvalue weighted by molar-refractivity contribution is -0.384. The number of carbonyl (C=O) groups is 1. The van der Waals surface area contributed by atoms with E-state index < -0.39 is 37.0 Å². The number of fused-ring (bicyclic) bond motifs is 2. The van der Waals surface area contributed by atoms with Crippen LogP contribution in [-0.2, 0) is 16.6 Å². The van der Waals surface area contributed by atoms with Crippen molar-refractivity contribution in [3.05, 3.63) is 142 Å². The van der Waals surface area contributed by atoms with Gasteiger partial charge in [-0.25, -0.2) is 18.1 Å². The lowest BCUT2D eigenvalue weighted by Crippen LogP contribution is -2.68. The van der Waals surface area contributed by atoms with E-state index in [1.54, 1.807) is 37.8 Å². The molecule has 1 atom stereocenters. The molecular formula is C57H64N8O9S. The Labute approximate surface area is 436 Å². The number of aliphatic hydroxyl groups is 1. The number of piperazine rings is 1. The van der Waals surface area contributed by atoms with E-state index in [1.807, 2.05) is 25.1 Å². The minimum Gasteiger partial charge on any atom is -0.493 e. The van der Waals surface area contributed by atoms with E-state index in [2.05, 4.69) is 85.0 Å². The number of methoxy groups -OCH3 is 1. The molecule has 5 heterocycles. The van der Waals surface area contributed by atoms with Gasteiger partial charge in [-0.3, -0.25) is 24.7 Å². The molecule has 1 spiro atoms. The van der Waals surface area contributed by atoms with Crippen LogP contribution in [0, 0.1) is 21.4 Å². The van der Waals surface area contributed by atoms with Crippen LogP contribution in [0.3, 0.4) is 0 Å². The average Bonchev–Trinajstić information content (AvgIpc) is 4.05. The monoisotopic (exact) mass is 1040 g/mol. The number of ether oxygens (including phenoxy) is 2. The van der Waals surface area contributed by atoms with Gasteiger partial charge in [0.1, 0.15) is 22.8 Å². The predicted molar refractivity (Wildman–Crippen MR) is 287 cm³/mol. The van der Waals surface area contributed by atoms with Crippen LogP contribution in [0.1, 0.15) is 98.3 Å². The van der Waals surface area contributed by atoms with E-state index in [0.717, 1.165) is 98.8 Å². The molecule has 18 heteroatoms. The number of hydrogen-bond donors (Lipinski definition) is 4. The predicted octanol–water partition coefficient (Wildman–Crippen LogP) is 10.1. The molecule has 17 nitrogen and oxygen atoms in total. The van der Waals surface area contributed by atoms with Crippen molar-refractivity contribution in [2.75, 3.05) is 56.6 Å². The summed E-state index contributed by atoms with van der Waals surface area (Å²) in [6.07, 6.45) is 9.90. The van der Waals surface area contributed by atoms with Crippen molar-refractivity contribution in [2.45, 2.75) is 94.3 Å². The van der Waals surface area contributed by atoms with E-state index in [-0.39, 0.29) is 34.4 Å². The van der Waals surface area contributed by atoms with Crippen molar-refractivity contribution < 1.29 is 37.1 Å². The SMILES string of the molecule is COc1cc(CN2CCN(C3CC4(C3)CN(c3ccc(C(=O)NS(=O)(=O)c5ccc(NCC6CCC(C)(O)CC6)c([N+](=O)[O-])c5)c(Oc5cnc6[nH]ccc6c5)c3)C4)C(c3ccccc3C(C)C)C2)cc2ccoc12. The number of nitro groups is 1. The molecule has 2 saturated carbocycles. The number of nitrogens with one attached hydrogen (secondary N) is 3. The zero-order chi connectivity index (χ0) is 52.2. The molecule has 11 rings (SSSR count). The molecule has 392 valence electrons. The molecule has 0 bridgehead atoms. The highest BCUT2D eigenvalue weighted by molar-refractivity contribution is 7.90. The number of benzene rings is 4. The van der Waals surface area contributed by atoms with Gasteiger partial charge in [-0.05, 0) is 129 Å². The van der Waals surface area contributed by atoms with Crippen molar-refractivity contribution in [3.63, 3.8) is 0 Å². The number of nitrogens with zero attached hydrogens (tertiary/aromatic N) is 5. The summed E-state index contributed by atoms with van der Waals surface area (Å²) < 4.78 is 47.7. The van der Waals surface area contributed by atoms with E-state index >= 15 is 0 Å². The minimum atomic E-state index is -4.60. The molecule has 1 unspecified atom stereocenters. The Balaban J connectivity index is 0.791. The number of rotatable bonds is 16. The fraction of sp³-hybridized carbons (Fsp3) is 0.404. The molecule has 4 fully saturated rings. The summed E-state index contributed by atoms with van der Waals surface area (Å²) in [5.74, 6) is 0.844. The van der Waals surface area contributed by atoms with Crippen LogP contribution < -0.4 is 24.4 Å². The number of H-pyrrole nitrogens is 1. The summed E-state index contributed by atoms with van der Waals surface area (Å²) in [4.78, 5) is 40.4. The second-order valence-corrected chi connectivity index (χ2v) is 23.6. The van der Waals surface area contributed by atoms with Crippen LogP contribution >= 0.6 is 0 Å². The first-order chi connectivity index (χ1) is 36.0. The first-order valence-corrected chi connectivity index (χ1v) is 27.4. The summed E-state index contributed by atoms with van der Waals surface area (Å²) in [5.41, 5.74) is 5.32. The maximum atomic E-state index is 14.1. The minimum absolute atomic E-state index is 0.0392. The quantitative estimate of drug-likeness (QED) is 0.0525. The van der Waals surface area contributed by atoms with Crippen LogP contribution in [0.4, 0.5) is 17.1 Å². The third-order valence-electron chi connectivity index (χ3n) is 16.2. The molecule has 4 N–H and O–H groups in total. The summed E-state index contributed by atoms with van der Waals surface area (Å²) in [6.45, 7) is 12.0. The number of furan rings is 1. The Hall–Kier alpha value is -6.99. The molecule has 0 radical (unpaired) electrons. The van der Waals surface area contributed by atoms with Gasteiger partial charge >= 0.3 is 0 Å². The summed E-state index contributed by atoms with van der Waals surface area (Å²) in [5, 5.41) is 27.5. The highest BCUT2D eigenvalue weighted by Gasteiger charge is 2.55.